The molecule has 28 heavy (non-hydrogen) atoms. The molecule has 7 nitrogen and oxygen atoms in total. The third kappa shape index (κ3) is 5.26. The van der Waals surface area contributed by atoms with Gasteiger partial charge in [-0.3, -0.25) is 4.79 Å². The number of amides is 1. The van der Waals surface area contributed by atoms with Crippen molar-refractivity contribution < 1.29 is 4.79 Å². The van der Waals surface area contributed by atoms with Gasteiger partial charge in [-0.15, -0.1) is 11.3 Å². The number of piperidine rings is 1. The van der Waals surface area contributed by atoms with Crippen LogP contribution in [0.1, 0.15) is 55.4 Å². The van der Waals surface area contributed by atoms with Crippen LogP contribution in [-0.2, 0) is 4.79 Å². The van der Waals surface area contributed by atoms with Gasteiger partial charge >= 0.3 is 0 Å². The predicted molar refractivity (Wildman–Crippen MR) is 113 cm³/mol. The number of aryl methyl sites for hydroxylation is 2. The number of nitrogens with zero attached hydrogens (tertiary/aromatic N) is 4. The Kier molecular flexibility index (Phi) is 6.61. The summed E-state index contributed by atoms with van der Waals surface area (Å²) in [5, 5.41) is 4.11. The number of nitrogens with one attached hydrogen (secondary N) is 1. The van der Waals surface area contributed by atoms with Crippen molar-refractivity contribution in [3.05, 3.63) is 28.7 Å². The van der Waals surface area contributed by atoms with E-state index in [-0.39, 0.29) is 11.8 Å². The molecule has 0 aromatic carbocycles. The first-order valence-electron chi connectivity index (χ1n) is 9.91. The Bertz CT molecular complexity index is 813. The average Bonchev–Trinajstić information content (AvgIpc) is 3.05. The number of hydrogen-bond acceptors (Lipinski definition) is 7. The molecule has 1 amide bonds. The molecule has 1 aliphatic heterocycles. The maximum atomic E-state index is 12.5. The third-order valence-electron chi connectivity index (χ3n) is 4.94. The fourth-order valence-electron chi connectivity index (χ4n) is 3.56. The number of anilines is 2. The van der Waals surface area contributed by atoms with Gasteiger partial charge in [0.25, 0.3) is 0 Å². The zero-order valence-corrected chi connectivity index (χ0v) is 17.9. The zero-order chi connectivity index (χ0) is 20.3. The molecule has 1 aliphatic rings. The van der Waals surface area contributed by atoms with Crippen LogP contribution in [0.5, 0.6) is 0 Å². The summed E-state index contributed by atoms with van der Waals surface area (Å²) in [6, 6.07) is 1.54. The van der Waals surface area contributed by atoms with Gasteiger partial charge in [0.05, 0.1) is 6.04 Å². The molecule has 3 rings (SSSR count). The summed E-state index contributed by atoms with van der Waals surface area (Å²) in [6.07, 6.45) is 4.29. The van der Waals surface area contributed by atoms with Crippen molar-refractivity contribution in [3.63, 3.8) is 0 Å². The number of carbonyl (C=O) groups excluding carboxylic acids is 1. The van der Waals surface area contributed by atoms with Crippen molar-refractivity contribution >= 4 is 28.2 Å². The van der Waals surface area contributed by atoms with E-state index in [2.05, 4.69) is 29.1 Å². The van der Waals surface area contributed by atoms with Gasteiger partial charge in [0.15, 0.2) is 5.13 Å². The second kappa shape index (κ2) is 8.96. The highest BCUT2D eigenvalue weighted by atomic mass is 32.1. The Hall–Kier alpha value is -2.06. The summed E-state index contributed by atoms with van der Waals surface area (Å²) in [4.78, 5) is 29.3. The van der Waals surface area contributed by atoms with Crippen LogP contribution in [0.2, 0.25) is 0 Å². The molecule has 0 unspecified atom stereocenters. The van der Waals surface area contributed by atoms with Crippen molar-refractivity contribution in [1.82, 2.24) is 19.9 Å². The Labute approximate surface area is 170 Å². The fraction of sp³-hybridized carbons (Fsp3) is 0.600. The van der Waals surface area contributed by atoms with E-state index >= 15 is 0 Å². The topological polar surface area (TPSA) is 97.0 Å². The molecule has 1 atom stereocenters. The maximum Gasteiger partial charge on any atom is 0.239 e. The third-order valence-corrected chi connectivity index (χ3v) is 5.77. The minimum atomic E-state index is -0.399. The number of nitrogens with two attached hydrogens (primary N) is 1. The lowest BCUT2D eigenvalue weighted by Crippen LogP contribution is -2.47. The number of carbonyl (C=O) groups is 1. The molecular formula is C20H30N6OS. The Balaban J connectivity index is 1.63. The Morgan fingerprint density at radius 3 is 2.64 bits per heavy atom. The second-order valence-electron chi connectivity index (χ2n) is 7.99. The van der Waals surface area contributed by atoms with Crippen molar-refractivity contribution in [1.29, 1.82) is 0 Å². The molecule has 152 valence electrons. The van der Waals surface area contributed by atoms with Crippen LogP contribution in [-0.4, -0.2) is 44.9 Å². The van der Waals surface area contributed by atoms with Gasteiger partial charge in [-0.05, 0) is 39.0 Å². The van der Waals surface area contributed by atoms with E-state index < -0.39 is 6.04 Å². The van der Waals surface area contributed by atoms with Crippen LogP contribution in [0.4, 0.5) is 10.9 Å². The largest absolute Gasteiger partial charge is 0.341 e. The molecule has 0 radical (unpaired) electrons. The van der Waals surface area contributed by atoms with Gasteiger partial charge in [-0.25, -0.2) is 15.0 Å². The van der Waals surface area contributed by atoms with Gasteiger partial charge < -0.3 is 16.0 Å². The quantitative estimate of drug-likeness (QED) is 0.769. The van der Waals surface area contributed by atoms with Crippen LogP contribution in [0.15, 0.2) is 12.3 Å². The van der Waals surface area contributed by atoms with E-state index in [1.807, 2.05) is 31.0 Å². The summed E-state index contributed by atoms with van der Waals surface area (Å²) < 4.78 is 0. The number of hydrogen-bond donors (Lipinski definition) is 2. The lowest BCUT2D eigenvalue weighted by atomic mass is 9.94. The van der Waals surface area contributed by atoms with Crippen molar-refractivity contribution in [3.8, 4) is 0 Å². The SMILES string of the molecule is Cc1cc(Nc2ncc(C)s2)nc(C2CCN(C(=O)[C@H](N)CC(C)C)CC2)n1. The summed E-state index contributed by atoms with van der Waals surface area (Å²) in [7, 11) is 0. The fourth-order valence-corrected chi connectivity index (χ4v) is 4.23. The van der Waals surface area contributed by atoms with E-state index in [0.29, 0.717) is 19.0 Å². The standard InChI is InChI=1S/C20H30N6OS/c1-12(2)9-16(21)19(27)26-7-5-15(6-8-26)18-23-13(3)10-17(24-18)25-20-22-11-14(4)28-20/h10-12,15-16H,5-9,21H2,1-4H3,(H,22,23,24,25)/t16-/m1/s1. The lowest BCUT2D eigenvalue weighted by molar-refractivity contribution is -0.134. The molecule has 0 aliphatic carbocycles. The van der Waals surface area contributed by atoms with Gasteiger partial charge in [-0.1, -0.05) is 13.8 Å². The Morgan fingerprint density at radius 1 is 1.32 bits per heavy atom. The highest BCUT2D eigenvalue weighted by Crippen LogP contribution is 2.28. The highest BCUT2D eigenvalue weighted by molar-refractivity contribution is 7.15. The second-order valence-corrected chi connectivity index (χ2v) is 9.22. The van der Waals surface area contributed by atoms with E-state index in [1.54, 1.807) is 11.3 Å². The van der Waals surface area contributed by atoms with Crippen molar-refractivity contribution in [2.24, 2.45) is 11.7 Å². The molecule has 3 heterocycles. The van der Waals surface area contributed by atoms with E-state index in [4.69, 9.17) is 10.7 Å². The lowest BCUT2D eigenvalue weighted by Gasteiger charge is -2.33. The van der Waals surface area contributed by atoms with E-state index in [0.717, 1.165) is 46.6 Å². The first-order valence-corrected chi connectivity index (χ1v) is 10.7. The smallest absolute Gasteiger partial charge is 0.239 e. The van der Waals surface area contributed by atoms with E-state index in [1.165, 1.54) is 0 Å². The normalized spacial score (nSPS) is 16.4. The van der Waals surface area contributed by atoms with Crippen molar-refractivity contribution in [2.75, 3.05) is 18.4 Å². The van der Waals surface area contributed by atoms with Gasteiger partial charge in [-0.2, -0.15) is 0 Å². The van der Waals surface area contributed by atoms with Crippen molar-refractivity contribution in [2.45, 2.75) is 58.9 Å². The zero-order valence-electron chi connectivity index (χ0n) is 17.1. The number of likely N-dealkylation sites (tertiary alicyclic amines) is 1. The minimum absolute atomic E-state index is 0.0683. The molecule has 0 saturated carbocycles. The van der Waals surface area contributed by atoms with Crippen LogP contribution < -0.4 is 11.1 Å². The van der Waals surface area contributed by atoms with E-state index in [9.17, 15) is 4.79 Å². The van der Waals surface area contributed by atoms with Crippen LogP contribution in [0, 0.1) is 19.8 Å². The van der Waals surface area contributed by atoms with Crippen LogP contribution >= 0.6 is 11.3 Å². The molecule has 3 N–H and O–H groups in total. The Morgan fingerprint density at radius 2 is 2.04 bits per heavy atom. The number of thiazole rings is 1. The summed E-state index contributed by atoms with van der Waals surface area (Å²) in [6.45, 7) is 9.61. The highest BCUT2D eigenvalue weighted by Gasteiger charge is 2.28. The maximum absolute atomic E-state index is 12.5. The van der Waals surface area contributed by atoms with Gasteiger partial charge in [0, 0.05) is 41.8 Å². The number of aromatic nitrogens is 3. The molecule has 2 aromatic rings. The average molecular weight is 403 g/mol. The van der Waals surface area contributed by atoms with Gasteiger partial charge in [0.2, 0.25) is 5.91 Å². The monoisotopic (exact) mass is 402 g/mol. The first-order chi connectivity index (χ1) is 13.3. The van der Waals surface area contributed by atoms with Gasteiger partial charge in [0.1, 0.15) is 11.6 Å². The first kappa shape index (κ1) is 20.7. The minimum Gasteiger partial charge on any atom is -0.341 e. The predicted octanol–water partition coefficient (Wildman–Crippen LogP) is 3.37. The van der Waals surface area contributed by atoms with Crippen LogP contribution in [0.25, 0.3) is 0 Å². The molecule has 2 aromatic heterocycles. The molecule has 0 bridgehead atoms. The number of rotatable bonds is 6. The summed E-state index contributed by atoms with van der Waals surface area (Å²) in [5.41, 5.74) is 7.01. The molecule has 1 fully saturated rings. The molecule has 0 spiro atoms. The molecule has 8 heteroatoms. The summed E-state index contributed by atoms with van der Waals surface area (Å²) in [5.74, 6) is 2.36. The van der Waals surface area contributed by atoms with Crippen LogP contribution in [0.3, 0.4) is 0 Å². The molecular weight excluding hydrogens is 372 g/mol. The summed E-state index contributed by atoms with van der Waals surface area (Å²) >= 11 is 1.60. The molecule has 1 saturated heterocycles.